The van der Waals surface area contributed by atoms with Crippen molar-refractivity contribution >= 4 is 33.1 Å². The van der Waals surface area contributed by atoms with Crippen LogP contribution in [0.25, 0.3) is 15.9 Å². The average molecular weight is 371 g/mol. The highest BCUT2D eigenvalue weighted by Gasteiger charge is 2.25. The van der Waals surface area contributed by atoms with Crippen LogP contribution in [-0.2, 0) is 6.42 Å². The highest BCUT2D eigenvalue weighted by molar-refractivity contribution is 7.15. The summed E-state index contributed by atoms with van der Waals surface area (Å²) in [6, 6.07) is 6.50. The van der Waals surface area contributed by atoms with Gasteiger partial charge in [0.15, 0.2) is 0 Å². The average Bonchev–Trinajstić information content (AvgIpc) is 3.14. The number of nitro groups is 1. The molecule has 132 valence electrons. The largest absolute Gasteiger partial charge is 0.432 e. The van der Waals surface area contributed by atoms with Crippen molar-refractivity contribution in [3.63, 3.8) is 0 Å². The molecule has 0 N–H and O–H groups in total. The molecule has 0 saturated heterocycles. The Balaban J connectivity index is 1.79. The molecule has 0 fully saturated rings. The highest BCUT2D eigenvalue weighted by atomic mass is 32.1. The van der Waals surface area contributed by atoms with Gasteiger partial charge in [0.25, 0.3) is 4.96 Å². The first kappa shape index (κ1) is 16.3. The van der Waals surface area contributed by atoms with E-state index >= 15 is 0 Å². The minimum absolute atomic E-state index is 0.103. The fraction of sp³-hybridized carbons (Fsp3) is 0.176. The van der Waals surface area contributed by atoms with Gasteiger partial charge in [-0.2, -0.15) is 9.38 Å². The quantitative estimate of drug-likeness (QED) is 0.297. The molecule has 0 saturated carbocycles. The van der Waals surface area contributed by atoms with Gasteiger partial charge < -0.3 is 19.3 Å². The van der Waals surface area contributed by atoms with Crippen LogP contribution in [0, 0.1) is 10.1 Å². The number of imidazole rings is 1. The van der Waals surface area contributed by atoms with Gasteiger partial charge in [-0.3, -0.25) is 0 Å². The maximum absolute atomic E-state index is 11.8. The van der Waals surface area contributed by atoms with Crippen LogP contribution < -0.4 is 10.4 Å². The summed E-state index contributed by atoms with van der Waals surface area (Å²) in [6.07, 6.45) is 3.22. The molecule has 4 rings (SSSR count). The normalized spacial score (nSPS) is 11.3. The third kappa shape index (κ3) is 2.72. The van der Waals surface area contributed by atoms with E-state index in [4.69, 9.17) is 9.15 Å². The molecule has 0 radical (unpaired) electrons. The van der Waals surface area contributed by atoms with Crippen LogP contribution in [0.3, 0.4) is 0 Å². The summed E-state index contributed by atoms with van der Waals surface area (Å²) in [5.41, 5.74) is 0.840. The third-order valence-electron chi connectivity index (χ3n) is 3.91. The summed E-state index contributed by atoms with van der Waals surface area (Å²) in [7, 11) is 0. The zero-order valence-corrected chi connectivity index (χ0v) is 14.5. The highest BCUT2D eigenvalue weighted by Crippen LogP contribution is 2.34. The molecule has 0 amide bonds. The second kappa shape index (κ2) is 6.26. The van der Waals surface area contributed by atoms with Gasteiger partial charge in [-0.1, -0.05) is 24.7 Å². The Bertz CT molecular complexity index is 1190. The van der Waals surface area contributed by atoms with Crippen LogP contribution in [-0.4, -0.2) is 14.3 Å². The lowest BCUT2D eigenvalue weighted by atomic mass is 10.1. The third-order valence-corrected chi connectivity index (χ3v) is 4.67. The second-order valence-electron chi connectivity index (χ2n) is 5.65. The molecule has 0 atom stereocenters. The van der Waals surface area contributed by atoms with Gasteiger partial charge in [0.1, 0.15) is 17.5 Å². The predicted molar refractivity (Wildman–Crippen MR) is 96.3 cm³/mol. The fourth-order valence-electron chi connectivity index (χ4n) is 2.85. The number of fused-ring (bicyclic) bond motifs is 2. The van der Waals surface area contributed by atoms with Gasteiger partial charge in [0.05, 0.1) is 0 Å². The molecule has 0 aliphatic rings. The van der Waals surface area contributed by atoms with Gasteiger partial charge in [-0.05, 0) is 29.0 Å². The van der Waals surface area contributed by atoms with E-state index in [2.05, 4.69) is 4.98 Å². The molecule has 0 aliphatic heterocycles. The molecule has 0 aliphatic carbocycles. The molecule has 0 spiro atoms. The first-order valence-corrected chi connectivity index (χ1v) is 8.79. The van der Waals surface area contributed by atoms with E-state index in [0.717, 1.165) is 23.8 Å². The molecular formula is C17H13N3O5S. The summed E-state index contributed by atoms with van der Waals surface area (Å²) in [5.74, 6) is -0.0426. The SMILES string of the molecule is CCCc1cc(=O)oc2cc(Oc3nc4sccn4c3[N+](=O)[O-])ccc12. The molecule has 1 aromatic carbocycles. The molecular weight excluding hydrogens is 358 g/mol. The fourth-order valence-corrected chi connectivity index (χ4v) is 3.55. The Morgan fingerprint density at radius 3 is 3.00 bits per heavy atom. The number of aromatic nitrogens is 2. The molecule has 26 heavy (non-hydrogen) atoms. The Morgan fingerprint density at radius 1 is 1.38 bits per heavy atom. The summed E-state index contributed by atoms with van der Waals surface area (Å²) in [4.78, 5) is 27.2. The lowest BCUT2D eigenvalue weighted by molar-refractivity contribution is -0.391. The van der Waals surface area contributed by atoms with Crippen molar-refractivity contribution in [3.8, 4) is 11.6 Å². The van der Waals surface area contributed by atoms with Gasteiger partial charge in [-0.15, -0.1) is 0 Å². The molecule has 9 heteroatoms. The van der Waals surface area contributed by atoms with Crippen LogP contribution in [0.15, 0.2) is 45.1 Å². The van der Waals surface area contributed by atoms with Crippen molar-refractivity contribution in [1.29, 1.82) is 0 Å². The zero-order chi connectivity index (χ0) is 18.3. The summed E-state index contributed by atoms with van der Waals surface area (Å²) >= 11 is 1.27. The van der Waals surface area contributed by atoms with Crippen LogP contribution >= 0.6 is 11.3 Å². The monoisotopic (exact) mass is 371 g/mol. The standard InChI is InChI=1S/C17H13N3O5S/c1-2-3-10-8-14(21)25-13-9-11(4-5-12(10)13)24-15-16(20(22)23)19-6-7-26-17(19)18-15/h4-9H,2-3H2,1H3. The van der Waals surface area contributed by atoms with Crippen molar-refractivity contribution in [1.82, 2.24) is 9.38 Å². The maximum Gasteiger partial charge on any atom is 0.393 e. The predicted octanol–water partition coefficient (Wildman–Crippen LogP) is 4.16. The van der Waals surface area contributed by atoms with Crippen LogP contribution in [0.2, 0.25) is 0 Å². The van der Waals surface area contributed by atoms with Crippen molar-refractivity contribution in [2.24, 2.45) is 0 Å². The zero-order valence-electron chi connectivity index (χ0n) is 13.7. The number of hydrogen-bond acceptors (Lipinski definition) is 7. The van der Waals surface area contributed by atoms with Gasteiger partial charge in [0.2, 0.25) is 0 Å². The first-order valence-electron chi connectivity index (χ1n) is 7.91. The molecule has 8 nitrogen and oxygen atoms in total. The van der Waals surface area contributed by atoms with Gasteiger partial charge >= 0.3 is 17.3 Å². The van der Waals surface area contributed by atoms with Gasteiger partial charge in [0, 0.05) is 22.9 Å². The number of rotatable bonds is 5. The second-order valence-corrected chi connectivity index (χ2v) is 6.53. The Kier molecular flexibility index (Phi) is 3.92. The van der Waals surface area contributed by atoms with Crippen LogP contribution in [0.4, 0.5) is 5.82 Å². The molecule has 4 aromatic rings. The topological polar surface area (TPSA) is 99.9 Å². The number of ether oxygens (including phenoxy) is 1. The van der Waals surface area contributed by atoms with E-state index in [0.29, 0.717) is 16.3 Å². The number of hydrogen-bond donors (Lipinski definition) is 0. The molecule has 3 aromatic heterocycles. The van der Waals surface area contributed by atoms with E-state index < -0.39 is 10.5 Å². The number of nitrogens with zero attached hydrogens (tertiary/aromatic N) is 3. The van der Waals surface area contributed by atoms with E-state index in [-0.39, 0.29) is 11.7 Å². The molecule has 0 unspecified atom stereocenters. The lowest BCUT2D eigenvalue weighted by Crippen LogP contribution is -2.01. The van der Waals surface area contributed by atoms with Crippen LogP contribution in [0.1, 0.15) is 18.9 Å². The Labute approximate surface area is 150 Å². The van der Waals surface area contributed by atoms with E-state index in [9.17, 15) is 14.9 Å². The van der Waals surface area contributed by atoms with E-state index in [1.807, 2.05) is 6.92 Å². The van der Waals surface area contributed by atoms with Gasteiger partial charge in [-0.25, -0.2) is 4.79 Å². The van der Waals surface area contributed by atoms with Crippen molar-refractivity contribution in [2.45, 2.75) is 19.8 Å². The van der Waals surface area contributed by atoms with Crippen molar-refractivity contribution < 1.29 is 14.1 Å². The van der Waals surface area contributed by atoms with E-state index in [1.165, 1.54) is 21.8 Å². The Hall–Kier alpha value is -3.20. The summed E-state index contributed by atoms with van der Waals surface area (Å²) in [6.45, 7) is 2.03. The minimum Gasteiger partial charge on any atom is -0.432 e. The first-order chi connectivity index (χ1) is 12.6. The van der Waals surface area contributed by atoms with Crippen molar-refractivity contribution in [3.05, 3.63) is 61.9 Å². The molecule has 0 bridgehead atoms. The number of benzene rings is 1. The summed E-state index contributed by atoms with van der Waals surface area (Å²) < 4.78 is 12.3. The smallest absolute Gasteiger partial charge is 0.393 e. The van der Waals surface area contributed by atoms with Crippen LogP contribution in [0.5, 0.6) is 11.6 Å². The summed E-state index contributed by atoms with van der Waals surface area (Å²) in [5, 5.41) is 13.9. The number of aryl methyl sites for hydroxylation is 1. The molecule has 3 heterocycles. The minimum atomic E-state index is -0.539. The maximum atomic E-state index is 11.8. The Morgan fingerprint density at radius 2 is 2.23 bits per heavy atom. The van der Waals surface area contributed by atoms with E-state index in [1.54, 1.807) is 29.8 Å². The van der Waals surface area contributed by atoms with Crippen molar-refractivity contribution in [2.75, 3.05) is 0 Å². The lowest BCUT2D eigenvalue weighted by Gasteiger charge is -2.06. The number of thiazole rings is 1.